The maximum absolute atomic E-state index is 8.75. The molecule has 1 fully saturated rings. The van der Waals surface area contributed by atoms with E-state index in [-0.39, 0.29) is 6.61 Å². The average Bonchev–Trinajstić information content (AvgIpc) is 2.14. The maximum Gasteiger partial charge on any atom is 0.0728 e. The van der Waals surface area contributed by atoms with Gasteiger partial charge >= 0.3 is 0 Å². The number of hydrogen-bond acceptors (Lipinski definition) is 3. The van der Waals surface area contributed by atoms with Crippen molar-refractivity contribution in [2.75, 3.05) is 25.1 Å². The number of benzene rings is 1. The molecule has 0 aromatic heterocycles. The second-order valence-electron chi connectivity index (χ2n) is 3.55. The Morgan fingerprint density at radius 1 is 1.29 bits per heavy atom. The summed E-state index contributed by atoms with van der Waals surface area (Å²) in [5.41, 5.74) is 2.29. The number of hydrogen-bond donors (Lipinski definition) is 2. The van der Waals surface area contributed by atoms with Crippen LogP contribution in [0.2, 0.25) is 0 Å². The van der Waals surface area contributed by atoms with Gasteiger partial charge in [-0.3, -0.25) is 0 Å². The number of anilines is 1. The molecule has 1 aromatic carbocycles. The lowest BCUT2D eigenvalue weighted by Gasteiger charge is -2.27. The Balaban J connectivity index is 1.91. The van der Waals surface area contributed by atoms with E-state index < -0.39 is 0 Å². The summed E-state index contributed by atoms with van der Waals surface area (Å²) in [5, 5.41) is 12.1. The number of rotatable bonds is 4. The molecular formula is C11H15NO2. The highest BCUT2D eigenvalue weighted by Crippen LogP contribution is 2.13. The highest BCUT2D eigenvalue weighted by molar-refractivity contribution is 5.45. The summed E-state index contributed by atoms with van der Waals surface area (Å²) in [5.74, 6) is 0. The monoisotopic (exact) mass is 193 g/mol. The van der Waals surface area contributed by atoms with E-state index in [1.807, 2.05) is 24.3 Å². The van der Waals surface area contributed by atoms with Gasteiger partial charge in [-0.15, -0.1) is 0 Å². The van der Waals surface area contributed by atoms with Crippen molar-refractivity contribution in [2.45, 2.75) is 12.5 Å². The predicted molar refractivity (Wildman–Crippen MR) is 55.5 cm³/mol. The van der Waals surface area contributed by atoms with E-state index in [9.17, 15) is 0 Å². The first-order valence-corrected chi connectivity index (χ1v) is 4.92. The van der Waals surface area contributed by atoms with Gasteiger partial charge in [0.15, 0.2) is 0 Å². The molecule has 76 valence electrons. The fraction of sp³-hybridized carbons (Fsp3) is 0.455. The van der Waals surface area contributed by atoms with Crippen molar-refractivity contribution in [3.8, 4) is 0 Å². The average molecular weight is 193 g/mol. The normalized spacial score (nSPS) is 16.4. The standard InChI is InChI=1S/C11H15NO2/c13-6-5-9-1-3-10(4-2-9)12-11-7-14-8-11/h1-4,11-13H,5-8H2. The van der Waals surface area contributed by atoms with Crippen LogP contribution in [0.5, 0.6) is 0 Å². The molecule has 1 aliphatic heterocycles. The van der Waals surface area contributed by atoms with Gasteiger partial charge in [0.05, 0.1) is 19.3 Å². The summed E-state index contributed by atoms with van der Waals surface area (Å²) in [6.45, 7) is 1.82. The SMILES string of the molecule is OCCc1ccc(NC2COC2)cc1. The molecule has 0 radical (unpaired) electrons. The zero-order valence-electron chi connectivity index (χ0n) is 8.07. The Morgan fingerprint density at radius 2 is 2.00 bits per heavy atom. The van der Waals surface area contributed by atoms with Crippen molar-refractivity contribution in [3.63, 3.8) is 0 Å². The van der Waals surface area contributed by atoms with Gasteiger partial charge in [-0.25, -0.2) is 0 Å². The topological polar surface area (TPSA) is 41.5 Å². The molecule has 3 nitrogen and oxygen atoms in total. The number of ether oxygens (including phenoxy) is 1. The van der Waals surface area contributed by atoms with Crippen molar-refractivity contribution >= 4 is 5.69 Å². The molecule has 0 atom stereocenters. The van der Waals surface area contributed by atoms with Gasteiger partial charge in [0.2, 0.25) is 0 Å². The molecule has 14 heavy (non-hydrogen) atoms. The van der Waals surface area contributed by atoms with Crippen LogP contribution in [-0.2, 0) is 11.2 Å². The van der Waals surface area contributed by atoms with E-state index in [4.69, 9.17) is 9.84 Å². The highest BCUT2D eigenvalue weighted by Gasteiger charge is 2.17. The van der Waals surface area contributed by atoms with Crippen molar-refractivity contribution in [1.82, 2.24) is 0 Å². The van der Waals surface area contributed by atoms with Crippen molar-refractivity contribution in [1.29, 1.82) is 0 Å². The summed E-state index contributed by atoms with van der Waals surface area (Å²) < 4.78 is 5.07. The predicted octanol–water partition coefficient (Wildman–Crippen LogP) is 1.03. The van der Waals surface area contributed by atoms with E-state index >= 15 is 0 Å². The van der Waals surface area contributed by atoms with Crippen molar-refractivity contribution in [3.05, 3.63) is 29.8 Å². The van der Waals surface area contributed by atoms with Crippen LogP contribution < -0.4 is 5.32 Å². The molecule has 1 heterocycles. The third kappa shape index (κ3) is 2.25. The van der Waals surface area contributed by atoms with Crippen molar-refractivity contribution < 1.29 is 9.84 Å². The molecule has 2 N–H and O–H groups in total. The van der Waals surface area contributed by atoms with Gasteiger partial charge in [0, 0.05) is 12.3 Å². The quantitative estimate of drug-likeness (QED) is 0.750. The summed E-state index contributed by atoms with van der Waals surface area (Å²) in [6.07, 6.45) is 0.729. The first kappa shape index (κ1) is 9.49. The minimum atomic E-state index is 0.212. The van der Waals surface area contributed by atoms with Crippen LogP contribution in [-0.4, -0.2) is 31.0 Å². The molecule has 0 unspecified atom stereocenters. The Morgan fingerprint density at radius 3 is 2.50 bits per heavy atom. The molecule has 0 bridgehead atoms. The molecule has 0 aliphatic carbocycles. The molecule has 0 amide bonds. The molecular weight excluding hydrogens is 178 g/mol. The van der Waals surface area contributed by atoms with E-state index in [0.717, 1.165) is 25.3 Å². The van der Waals surface area contributed by atoms with Gasteiger partial charge in [-0.1, -0.05) is 12.1 Å². The largest absolute Gasteiger partial charge is 0.396 e. The molecule has 0 spiro atoms. The zero-order valence-corrected chi connectivity index (χ0v) is 8.07. The summed E-state index contributed by atoms with van der Waals surface area (Å²) >= 11 is 0. The molecule has 3 heteroatoms. The number of aliphatic hydroxyl groups is 1. The fourth-order valence-electron chi connectivity index (χ4n) is 1.45. The third-order valence-electron chi connectivity index (χ3n) is 2.36. The lowest BCUT2D eigenvalue weighted by Crippen LogP contribution is -2.40. The van der Waals surface area contributed by atoms with Gasteiger partial charge in [0.1, 0.15) is 0 Å². The van der Waals surface area contributed by atoms with E-state index in [1.54, 1.807) is 0 Å². The van der Waals surface area contributed by atoms with Crippen LogP contribution in [0.4, 0.5) is 5.69 Å². The molecule has 1 saturated heterocycles. The van der Waals surface area contributed by atoms with E-state index in [2.05, 4.69) is 5.32 Å². The van der Waals surface area contributed by atoms with Crippen LogP contribution >= 0.6 is 0 Å². The Hall–Kier alpha value is -1.06. The minimum absolute atomic E-state index is 0.212. The second-order valence-corrected chi connectivity index (χ2v) is 3.55. The highest BCUT2D eigenvalue weighted by atomic mass is 16.5. The summed E-state index contributed by atoms with van der Waals surface area (Å²) in [6, 6.07) is 8.64. The molecule has 2 rings (SSSR count). The van der Waals surface area contributed by atoms with Crippen LogP contribution in [0.3, 0.4) is 0 Å². The molecule has 1 aromatic rings. The molecule has 0 saturated carbocycles. The summed E-state index contributed by atoms with van der Waals surface area (Å²) in [7, 11) is 0. The Kier molecular flexibility index (Phi) is 3.01. The van der Waals surface area contributed by atoms with Gasteiger partial charge < -0.3 is 15.2 Å². The maximum atomic E-state index is 8.75. The van der Waals surface area contributed by atoms with Crippen LogP contribution in [0.25, 0.3) is 0 Å². The van der Waals surface area contributed by atoms with E-state index in [1.165, 1.54) is 5.56 Å². The third-order valence-corrected chi connectivity index (χ3v) is 2.36. The van der Waals surface area contributed by atoms with Gasteiger partial charge in [-0.2, -0.15) is 0 Å². The fourth-order valence-corrected chi connectivity index (χ4v) is 1.45. The second kappa shape index (κ2) is 4.44. The van der Waals surface area contributed by atoms with Gasteiger partial charge in [-0.05, 0) is 24.1 Å². The van der Waals surface area contributed by atoms with Crippen molar-refractivity contribution in [2.24, 2.45) is 0 Å². The number of aliphatic hydroxyl groups excluding tert-OH is 1. The molecule has 1 aliphatic rings. The van der Waals surface area contributed by atoms with Crippen LogP contribution in [0.1, 0.15) is 5.56 Å². The smallest absolute Gasteiger partial charge is 0.0728 e. The Labute approximate surface area is 83.7 Å². The minimum Gasteiger partial charge on any atom is -0.396 e. The first-order valence-electron chi connectivity index (χ1n) is 4.92. The van der Waals surface area contributed by atoms with E-state index in [0.29, 0.717) is 6.04 Å². The van der Waals surface area contributed by atoms with Gasteiger partial charge in [0.25, 0.3) is 0 Å². The van der Waals surface area contributed by atoms with Crippen LogP contribution in [0.15, 0.2) is 24.3 Å². The summed E-state index contributed by atoms with van der Waals surface area (Å²) in [4.78, 5) is 0. The van der Waals surface area contributed by atoms with Crippen LogP contribution in [0, 0.1) is 0 Å². The lowest BCUT2D eigenvalue weighted by atomic mass is 10.1. The lowest BCUT2D eigenvalue weighted by molar-refractivity contribution is 0.0211. The Bertz CT molecular complexity index is 280. The number of nitrogens with one attached hydrogen (secondary N) is 1. The zero-order chi connectivity index (χ0) is 9.80. The first-order chi connectivity index (χ1) is 6.88.